The molecule has 2 heterocycles. The van der Waals surface area contributed by atoms with Crippen molar-refractivity contribution in [2.45, 2.75) is 23.6 Å². The van der Waals surface area contributed by atoms with Gasteiger partial charge < -0.3 is 41.3 Å². The number of anilines is 8. The van der Waals surface area contributed by atoms with Crippen molar-refractivity contribution in [1.82, 2.24) is 29.9 Å². The summed E-state index contributed by atoms with van der Waals surface area (Å²) in [6.07, 6.45) is 2.10. The molecule has 0 aliphatic rings. The van der Waals surface area contributed by atoms with Crippen LogP contribution in [0.4, 0.5) is 47.1 Å². The first kappa shape index (κ1) is 60.9. The summed E-state index contributed by atoms with van der Waals surface area (Å²) in [4.78, 5) is 25.9. The first-order chi connectivity index (χ1) is 34.1. The molecule has 0 spiro atoms. The van der Waals surface area contributed by atoms with Gasteiger partial charge in [0.05, 0.1) is 23.0 Å². The summed E-state index contributed by atoms with van der Waals surface area (Å²) >= 11 is 0. The molecule has 2 aromatic heterocycles. The minimum Gasteiger partial charge on any atom is -0.396 e. The number of hydrogen-bond donors (Lipinski definition) is 12. The molecule has 4 rings (SSSR count). The minimum absolute atomic E-state index is 0.0932. The molecule has 0 radical (unpaired) electrons. The van der Waals surface area contributed by atoms with Gasteiger partial charge in [0.2, 0.25) is 35.7 Å². The Kier molecular flexibility index (Phi) is 20.8. The van der Waals surface area contributed by atoms with Gasteiger partial charge in [-0.05, 0) is 47.2 Å². The maximum Gasteiger partial charge on any atom is 0.295 e. The van der Waals surface area contributed by atoms with Crippen LogP contribution in [0.15, 0.2) is 46.2 Å². The molecule has 2 aromatic carbocycles. The fraction of sp³-hybridized carbons (Fsp3) is 0.444. The third-order valence-corrected chi connectivity index (χ3v) is 14.2. The zero-order chi connectivity index (χ0) is 55.5. The molecule has 32 nitrogen and oxygen atoms in total. The van der Waals surface area contributed by atoms with E-state index in [-0.39, 0.29) is 72.6 Å². The number of aliphatic hydroxyl groups is 2. The number of rotatable bonds is 30. The van der Waals surface area contributed by atoms with Crippen LogP contribution in [0.1, 0.15) is 25.0 Å². The zero-order valence-electron chi connectivity index (χ0n) is 38.8. The van der Waals surface area contributed by atoms with Crippen molar-refractivity contribution < 1.29 is 88.0 Å². The van der Waals surface area contributed by atoms with Crippen LogP contribution in [0.3, 0.4) is 0 Å². The summed E-state index contributed by atoms with van der Waals surface area (Å²) in [6.45, 7) is 0.449. The topological polar surface area (TPSA) is 499 Å². The van der Waals surface area contributed by atoms with Crippen LogP contribution < -0.4 is 31.1 Å². The molecule has 0 fully saturated rings. The summed E-state index contributed by atoms with van der Waals surface area (Å²) in [5.74, 6) is -6.38. The monoisotopic (exact) mass is 1160 g/mol. The van der Waals surface area contributed by atoms with Crippen LogP contribution in [-0.4, -0.2) is 193 Å². The van der Waals surface area contributed by atoms with Crippen LogP contribution in [0.5, 0.6) is 0 Å². The van der Waals surface area contributed by atoms with E-state index < -0.39 is 143 Å². The van der Waals surface area contributed by atoms with E-state index in [2.05, 4.69) is 51.2 Å². The van der Waals surface area contributed by atoms with E-state index in [1.807, 2.05) is 0 Å². The molecule has 0 aliphatic carbocycles. The van der Waals surface area contributed by atoms with E-state index in [4.69, 9.17) is 0 Å². The highest BCUT2D eigenvalue weighted by Gasteiger charge is 2.24. The second kappa shape index (κ2) is 25.3. The highest BCUT2D eigenvalue weighted by molar-refractivity contribution is 7.87. The standard InChI is InChI=1S/C36H52N12O20S6/c1-23(21-49)19-47(11-15-71(57,58)59)35-43-31(37-9-13-69(51,52)53)41-33(45-35)39-27-7-5-25(29(17-27)73(63,64)65)3-4-26-6-8-28(18-30(26)74(66,67)68)40-34-42-32(38-10-14-70(54,55)56)44-36(46-34)48(20-24(2)22-50)12-16-72(60,61)62/h3-8,17-18,23-24,49-50H,9-16,19-22H2,1-2H3,(H,51,52,53)(H,54,55,56)(H,57,58,59)(H,60,61,62)(H,63,64,65)(H,66,67,68)(H2,37,39,41,43,45)(H2,38,40,42,44,46)/b4-3+. The van der Waals surface area contributed by atoms with Crippen LogP contribution in [-0.2, 0) is 60.7 Å². The molecule has 4 aromatic rings. The van der Waals surface area contributed by atoms with Crippen LogP contribution in [0, 0.1) is 11.8 Å². The Morgan fingerprint density at radius 2 is 0.811 bits per heavy atom. The molecule has 0 bridgehead atoms. The van der Waals surface area contributed by atoms with Gasteiger partial charge in [0.15, 0.2) is 0 Å². The van der Waals surface area contributed by atoms with Gasteiger partial charge in [0.1, 0.15) is 9.79 Å². The van der Waals surface area contributed by atoms with Crippen LogP contribution in [0.2, 0.25) is 0 Å². The summed E-state index contributed by atoms with van der Waals surface area (Å²) in [7, 11) is -28.3. The second-order valence-electron chi connectivity index (χ2n) is 16.1. The molecule has 38 heteroatoms. The smallest absolute Gasteiger partial charge is 0.295 e. The van der Waals surface area contributed by atoms with E-state index in [1.54, 1.807) is 13.8 Å². The molecule has 412 valence electrons. The highest BCUT2D eigenvalue weighted by Crippen LogP contribution is 2.29. The van der Waals surface area contributed by atoms with E-state index in [1.165, 1.54) is 21.9 Å². The van der Waals surface area contributed by atoms with Crippen LogP contribution in [0.25, 0.3) is 12.2 Å². The molecule has 0 saturated heterocycles. The normalized spacial score (nSPS) is 13.6. The van der Waals surface area contributed by atoms with Crippen molar-refractivity contribution in [2.24, 2.45) is 11.8 Å². The van der Waals surface area contributed by atoms with E-state index in [0.717, 1.165) is 36.4 Å². The Bertz CT molecular complexity index is 3140. The number of aliphatic hydroxyl groups excluding tert-OH is 2. The first-order valence-electron chi connectivity index (χ1n) is 21.1. The zero-order valence-corrected chi connectivity index (χ0v) is 43.7. The average Bonchev–Trinajstić information content (AvgIpc) is 3.26. The summed E-state index contributed by atoms with van der Waals surface area (Å²) < 4.78 is 201. The Balaban J connectivity index is 1.75. The third-order valence-electron chi connectivity index (χ3n) is 9.56. The molecule has 2 atom stereocenters. The fourth-order valence-electron chi connectivity index (χ4n) is 6.11. The Morgan fingerprint density at radius 1 is 0.486 bits per heavy atom. The van der Waals surface area contributed by atoms with Gasteiger partial charge in [0, 0.05) is 63.9 Å². The molecule has 2 unspecified atom stereocenters. The molecule has 12 N–H and O–H groups in total. The Hall–Kier alpha value is -5.62. The van der Waals surface area contributed by atoms with E-state index >= 15 is 0 Å². The number of aromatic nitrogens is 6. The van der Waals surface area contributed by atoms with Gasteiger partial charge in [-0.15, -0.1) is 0 Å². The lowest BCUT2D eigenvalue weighted by Crippen LogP contribution is -2.35. The maximum atomic E-state index is 12.8. The number of nitrogens with one attached hydrogen (secondary N) is 4. The van der Waals surface area contributed by atoms with Crippen molar-refractivity contribution in [3.8, 4) is 0 Å². The summed E-state index contributed by atoms with van der Waals surface area (Å²) in [6, 6.07) is 6.56. The van der Waals surface area contributed by atoms with Crippen molar-refractivity contribution in [3.63, 3.8) is 0 Å². The Labute approximate surface area is 425 Å². The van der Waals surface area contributed by atoms with Gasteiger partial charge >= 0.3 is 0 Å². The van der Waals surface area contributed by atoms with Crippen molar-refractivity contribution >= 4 is 120 Å². The SMILES string of the molecule is CC(CO)CN(CCS(=O)(=O)O)c1nc(NCCS(=O)(=O)O)nc(Nc2ccc(/C=C/c3ccc(Nc4nc(NCCS(=O)(=O)O)nc(N(CCS(=O)(=O)O)CC(C)CO)n4)cc3S(=O)(=O)O)c(S(=O)(=O)O)c2)n1. The van der Waals surface area contributed by atoms with Crippen molar-refractivity contribution in [1.29, 1.82) is 0 Å². The lowest BCUT2D eigenvalue weighted by molar-refractivity contribution is 0.239. The fourth-order valence-corrected chi connectivity index (χ4v) is 9.16. The minimum atomic E-state index is -5.12. The third kappa shape index (κ3) is 21.3. The molecule has 0 amide bonds. The predicted molar refractivity (Wildman–Crippen MR) is 267 cm³/mol. The maximum absolute atomic E-state index is 12.8. The van der Waals surface area contributed by atoms with Gasteiger partial charge in [0.25, 0.3) is 60.7 Å². The van der Waals surface area contributed by atoms with E-state index in [0.29, 0.717) is 0 Å². The first-order valence-corrected chi connectivity index (χ1v) is 30.4. The summed E-state index contributed by atoms with van der Waals surface area (Å²) in [5.41, 5.74) is -0.803. The number of nitrogens with zero attached hydrogens (tertiary/aromatic N) is 8. The molecular formula is C36H52N12O20S6. The van der Waals surface area contributed by atoms with Crippen molar-refractivity contribution in [2.75, 3.05) is 107 Å². The Morgan fingerprint density at radius 3 is 1.11 bits per heavy atom. The van der Waals surface area contributed by atoms with Crippen molar-refractivity contribution in [3.05, 3.63) is 47.5 Å². The molecule has 0 aliphatic heterocycles. The quantitative estimate of drug-likeness (QED) is 0.0230. The highest BCUT2D eigenvalue weighted by atomic mass is 32.2. The number of hydrogen-bond acceptors (Lipinski definition) is 26. The number of benzene rings is 2. The lowest BCUT2D eigenvalue weighted by Gasteiger charge is -2.25. The van der Waals surface area contributed by atoms with Crippen LogP contribution >= 0.6 is 0 Å². The van der Waals surface area contributed by atoms with E-state index in [9.17, 15) is 88.0 Å². The second-order valence-corrected chi connectivity index (χ2v) is 25.1. The lowest BCUT2D eigenvalue weighted by atomic mass is 10.1. The van der Waals surface area contributed by atoms with Gasteiger partial charge in [-0.1, -0.05) is 38.1 Å². The molecular weight excluding hydrogens is 1110 g/mol. The molecule has 0 saturated carbocycles. The van der Waals surface area contributed by atoms with Gasteiger partial charge in [-0.2, -0.15) is 80.4 Å². The predicted octanol–water partition coefficient (Wildman–Crippen LogP) is -0.548. The van der Waals surface area contributed by atoms with Gasteiger partial charge in [-0.3, -0.25) is 27.3 Å². The average molecular weight is 1170 g/mol. The molecule has 74 heavy (non-hydrogen) atoms. The van der Waals surface area contributed by atoms with Gasteiger partial charge in [-0.25, -0.2) is 0 Å². The largest absolute Gasteiger partial charge is 0.396 e. The summed E-state index contributed by atoms with van der Waals surface area (Å²) in [5, 5.41) is 29.8.